The van der Waals surface area contributed by atoms with Crippen molar-refractivity contribution < 1.29 is 0 Å². The molecule has 0 aliphatic heterocycles. The maximum absolute atomic E-state index is 4.63. The molecule has 0 aromatic carbocycles. The fourth-order valence-corrected chi connectivity index (χ4v) is 2.57. The molecule has 2 heteroatoms. The minimum absolute atomic E-state index is 0.470. The average Bonchev–Trinajstić information content (AvgIpc) is 2.84. The average molecular weight is 188 g/mol. The molecular formula is C12H16N2. The lowest BCUT2D eigenvalue weighted by Crippen LogP contribution is -2.06. The first-order chi connectivity index (χ1) is 6.68. The molecule has 1 saturated carbocycles. The highest BCUT2D eigenvalue weighted by molar-refractivity contribution is 5.59. The lowest BCUT2D eigenvalue weighted by atomic mass is 10.0. The standard InChI is InChI=1S/C12H16N2/c1-7(2)14-11-5-4-9-6-10(9)12(11)8(3)13-14/h4-5,7,9-10H,6H2,1-3H3. The van der Waals surface area contributed by atoms with Gasteiger partial charge in [-0.3, -0.25) is 4.68 Å². The number of hydrogen-bond donors (Lipinski definition) is 0. The molecule has 1 heterocycles. The molecule has 2 atom stereocenters. The molecule has 74 valence electrons. The van der Waals surface area contributed by atoms with E-state index < -0.39 is 0 Å². The molecule has 2 nitrogen and oxygen atoms in total. The molecule has 0 spiro atoms. The SMILES string of the molecule is Cc1nn(C(C)C)c2c1C1CC1C=C2. The highest BCUT2D eigenvalue weighted by atomic mass is 15.3. The summed E-state index contributed by atoms with van der Waals surface area (Å²) in [6, 6.07) is 0.470. The van der Waals surface area contributed by atoms with E-state index in [-0.39, 0.29) is 0 Å². The van der Waals surface area contributed by atoms with Crippen LogP contribution in [0.2, 0.25) is 0 Å². The summed E-state index contributed by atoms with van der Waals surface area (Å²) in [5.41, 5.74) is 4.12. The Balaban J connectivity index is 2.19. The van der Waals surface area contributed by atoms with E-state index in [0.717, 1.165) is 11.8 Å². The van der Waals surface area contributed by atoms with Crippen molar-refractivity contribution in [2.45, 2.75) is 39.2 Å². The summed E-state index contributed by atoms with van der Waals surface area (Å²) in [6.07, 6.45) is 5.96. The molecule has 0 amide bonds. The number of allylic oxidation sites excluding steroid dienone is 1. The zero-order valence-electron chi connectivity index (χ0n) is 8.99. The Morgan fingerprint density at radius 1 is 1.50 bits per heavy atom. The van der Waals surface area contributed by atoms with Crippen LogP contribution in [-0.2, 0) is 0 Å². The Bertz CT molecular complexity index is 412. The first-order valence-corrected chi connectivity index (χ1v) is 5.45. The van der Waals surface area contributed by atoms with Gasteiger partial charge in [-0.15, -0.1) is 0 Å². The van der Waals surface area contributed by atoms with Crippen molar-refractivity contribution in [2.24, 2.45) is 5.92 Å². The highest BCUT2D eigenvalue weighted by Gasteiger charge is 2.42. The minimum atomic E-state index is 0.470. The third-order valence-corrected chi connectivity index (χ3v) is 3.37. The van der Waals surface area contributed by atoms with E-state index in [2.05, 4.69) is 42.7 Å². The van der Waals surface area contributed by atoms with Gasteiger partial charge in [-0.25, -0.2) is 0 Å². The van der Waals surface area contributed by atoms with Crippen molar-refractivity contribution in [1.82, 2.24) is 9.78 Å². The van der Waals surface area contributed by atoms with Gasteiger partial charge in [0.05, 0.1) is 11.4 Å². The van der Waals surface area contributed by atoms with Crippen LogP contribution in [0.1, 0.15) is 49.2 Å². The van der Waals surface area contributed by atoms with Gasteiger partial charge in [0, 0.05) is 11.6 Å². The van der Waals surface area contributed by atoms with E-state index in [9.17, 15) is 0 Å². The van der Waals surface area contributed by atoms with Crippen molar-refractivity contribution in [2.75, 3.05) is 0 Å². The Morgan fingerprint density at radius 2 is 2.29 bits per heavy atom. The Labute approximate surface area is 84.6 Å². The van der Waals surface area contributed by atoms with Gasteiger partial charge in [0.15, 0.2) is 0 Å². The molecule has 0 saturated heterocycles. The molecule has 2 aliphatic rings. The Morgan fingerprint density at radius 3 is 3.00 bits per heavy atom. The van der Waals surface area contributed by atoms with E-state index >= 15 is 0 Å². The fourth-order valence-electron chi connectivity index (χ4n) is 2.57. The third-order valence-electron chi connectivity index (χ3n) is 3.37. The first-order valence-electron chi connectivity index (χ1n) is 5.45. The van der Waals surface area contributed by atoms with E-state index in [1.54, 1.807) is 0 Å². The summed E-state index contributed by atoms with van der Waals surface area (Å²) in [4.78, 5) is 0. The van der Waals surface area contributed by atoms with E-state index in [4.69, 9.17) is 0 Å². The van der Waals surface area contributed by atoms with Gasteiger partial charge in [0.25, 0.3) is 0 Å². The topological polar surface area (TPSA) is 17.8 Å². The van der Waals surface area contributed by atoms with E-state index in [1.807, 2.05) is 0 Å². The van der Waals surface area contributed by atoms with Gasteiger partial charge in [-0.05, 0) is 45.1 Å². The molecule has 2 unspecified atom stereocenters. The van der Waals surface area contributed by atoms with Crippen molar-refractivity contribution >= 4 is 6.08 Å². The number of nitrogens with zero attached hydrogens (tertiary/aromatic N) is 2. The number of fused-ring (bicyclic) bond motifs is 3. The van der Waals surface area contributed by atoms with Crippen LogP contribution in [0.5, 0.6) is 0 Å². The van der Waals surface area contributed by atoms with Gasteiger partial charge >= 0.3 is 0 Å². The van der Waals surface area contributed by atoms with Crippen LogP contribution in [0.25, 0.3) is 6.08 Å². The second kappa shape index (κ2) is 2.50. The van der Waals surface area contributed by atoms with Gasteiger partial charge in [0.1, 0.15) is 0 Å². The Kier molecular flexibility index (Phi) is 1.48. The largest absolute Gasteiger partial charge is 0.262 e. The zero-order valence-corrected chi connectivity index (χ0v) is 8.99. The summed E-state index contributed by atoms with van der Waals surface area (Å²) in [6.45, 7) is 6.53. The van der Waals surface area contributed by atoms with Crippen LogP contribution >= 0.6 is 0 Å². The van der Waals surface area contributed by atoms with Crippen LogP contribution in [0.4, 0.5) is 0 Å². The summed E-state index contributed by atoms with van der Waals surface area (Å²) in [5.74, 6) is 1.62. The maximum Gasteiger partial charge on any atom is 0.0647 e. The van der Waals surface area contributed by atoms with E-state index in [1.165, 1.54) is 23.4 Å². The van der Waals surface area contributed by atoms with E-state index in [0.29, 0.717) is 6.04 Å². The van der Waals surface area contributed by atoms with Crippen LogP contribution < -0.4 is 0 Å². The third kappa shape index (κ3) is 0.941. The number of aromatic nitrogens is 2. The van der Waals surface area contributed by atoms with Crippen molar-refractivity contribution in [3.8, 4) is 0 Å². The number of hydrogen-bond acceptors (Lipinski definition) is 1. The molecule has 0 radical (unpaired) electrons. The molecule has 14 heavy (non-hydrogen) atoms. The van der Waals surface area contributed by atoms with Crippen molar-refractivity contribution in [3.05, 3.63) is 23.0 Å². The monoisotopic (exact) mass is 188 g/mol. The van der Waals surface area contributed by atoms with Crippen LogP contribution in [0.3, 0.4) is 0 Å². The first kappa shape index (κ1) is 8.27. The quantitative estimate of drug-likeness (QED) is 0.662. The van der Waals surface area contributed by atoms with Crippen molar-refractivity contribution in [1.29, 1.82) is 0 Å². The lowest BCUT2D eigenvalue weighted by molar-refractivity contribution is 0.524. The smallest absolute Gasteiger partial charge is 0.0647 e. The van der Waals surface area contributed by atoms with Crippen LogP contribution in [-0.4, -0.2) is 9.78 Å². The van der Waals surface area contributed by atoms with Gasteiger partial charge < -0.3 is 0 Å². The van der Waals surface area contributed by atoms with Gasteiger partial charge in [-0.2, -0.15) is 5.10 Å². The molecule has 1 aromatic rings. The summed E-state index contributed by atoms with van der Waals surface area (Å²) >= 11 is 0. The summed E-state index contributed by atoms with van der Waals surface area (Å²) in [5, 5.41) is 4.63. The summed E-state index contributed by atoms with van der Waals surface area (Å²) in [7, 11) is 0. The second-order valence-electron chi connectivity index (χ2n) is 4.79. The van der Waals surface area contributed by atoms with Crippen LogP contribution in [0.15, 0.2) is 6.08 Å². The lowest BCUT2D eigenvalue weighted by Gasteiger charge is -2.11. The summed E-state index contributed by atoms with van der Waals surface area (Å²) < 4.78 is 2.16. The van der Waals surface area contributed by atoms with Gasteiger partial charge in [-0.1, -0.05) is 6.08 Å². The predicted molar refractivity (Wildman–Crippen MR) is 57.2 cm³/mol. The highest BCUT2D eigenvalue weighted by Crippen LogP contribution is 2.53. The molecule has 3 rings (SSSR count). The van der Waals surface area contributed by atoms with Crippen LogP contribution in [0, 0.1) is 12.8 Å². The minimum Gasteiger partial charge on any atom is -0.262 e. The molecule has 1 fully saturated rings. The number of aryl methyl sites for hydroxylation is 1. The maximum atomic E-state index is 4.63. The molecule has 0 N–H and O–H groups in total. The number of rotatable bonds is 1. The van der Waals surface area contributed by atoms with Crippen molar-refractivity contribution in [3.63, 3.8) is 0 Å². The molecule has 2 aliphatic carbocycles. The molecule has 0 bridgehead atoms. The fraction of sp³-hybridized carbons (Fsp3) is 0.583. The second-order valence-corrected chi connectivity index (χ2v) is 4.79. The zero-order chi connectivity index (χ0) is 9.87. The normalized spacial score (nSPS) is 27.7. The molecular weight excluding hydrogens is 172 g/mol. The van der Waals surface area contributed by atoms with Gasteiger partial charge in [0.2, 0.25) is 0 Å². The molecule has 1 aromatic heterocycles. The predicted octanol–water partition coefficient (Wildman–Crippen LogP) is 2.90. The Hall–Kier alpha value is -1.05.